The van der Waals surface area contributed by atoms with Gasteiger partial charge in [0, 0.05) is 23.5 Å². The van der Waals surface area contributed by atoms with Gasteiger partial charge in [0.05, 0.1) is 4.88 Å². The summed E-state index contributed by atoms with van der Waals surface area (Å²) in [7, 11) is 0. The molecular formula is C21H15F3N2O3S. The number of anilines is 2. The molecule has 0 saturated heterocycles. The molecule has 0 spiro atoms. The Kier molecular flexibility index (Phi) is 5.21. The summed E-state index contributed by atoms with van der Waals surface area (Å²) in [5.74, 6) is -0.977. The van der Waals surface area contributed by atoms with Crippen LogP contribution < -0.4 is 15.0 Å². The van der Waals surface area contributed by atoms with Crippen LogP contribution in [0.2, 0.25) is 0 Å². The van der Waals surface area contributed by atoms with Gasteiger partial charge in [-0.3, -0.25) is 9.59 Å². The molecule has 0 aliphatic carbocycles. The smallest absolute Gasteiger partial charge is 0.406 e. The number of hydrogen-bond acceptors (Lipinski definition) is 4. The summed E-state index contributed by atoms with van der Waals surface area (Å²) in [5.41, 5.74) is 2.41. The van der Waals surface area contributed by atoms with E-state index in [1.54, 1.807) is 23.1 Å². The topological polar surface area (TPSA) is 58.6 Å². The van der Waals surface area contributed by atoms with Gasteiger partial charge in [-0.05, 0) is 59.8 Å². The Labute approximate surface area is 173 Å². The normalized spacial score (nSPS) is 13.1. The minimum absolute atomic E-state index is 0.0903. The summed E-state index contributed by atoms with van der Waals surface area (Å²) in [4.78, 5) is 27.5. The number of benzene rings is 2. The number of carbonyl (C=O) groups excluding carboxylic acids is 2. The van der Waals surface area contributed by atoms with Gasteiger partial charge in [-0.1, -0.05) is 12.1 Å². The highest BCUT2D eigenvalue weighted by atomic mass is 32.1. The zero-order chi connectivity index (χ0) is 21.3. The summed E-state index contributed by atoms with van der Waals surface area (Å²) in [6.45, 7) is 0.560. The number of halogens is 3. The molecular weight excluding hydrogens is 417 g/mol. The number of alkyl halides is 3. The van der Waals surface area contributed by atoms with Crippen LogP contribution in [0.4, 0.5) is 24.5 Å². The van der Waals surface area contributed by atoms with Crippen molar-refractivity contribution in [1.82, 2.24) is 0 Å². The highest BCUT2D eigenvalue weighted by Crippen LogP contribution is 2.33. The number of rotatable bonds is 4. The molecule has 3 aromatic rings. The Morgan fingerprint density at radius 3 is 2.50 bits per heavy atom. The second kappa shape index (κ2) is 7.83. The van der Waals surface area contributed by atoms with Crippen LogP contribution in [0.3, 0.4) is 0 Å². The molecule has 9 heteroatoms. The Bertz CT molecular complexity index is 1080. The standard InChI is InChI=1S/C21H15F3N2O3S/c22-21(23,24)29-16-7-4-14(5-8-16)19(27)25-15-6-3-13-9-10-26(17(13)12-15)20(28)18-2-1-11-30-18/h1-8,11-12H,9-10H2,(H,25,27). The Morgan fingerprint density at radius 2 is 1.83 bits per heavy atom. The van der Waals surface area contributed by atoms with Crippen molar-refractivity contribution in [3.8, 4) is 5.75 Å². The first-order valence-corrected chi connectivity index (χ1v) is 9.83. The quantitative estimate of drug-likeness (QED) is 0.624. The van der Waals surface area contributed by atoms with Crippen LogP contribution in [-0.2, 0) is 6.42 Å². The van der Waals surface area contributed by atoms with Crippen molar-refractivity contribution in [2.45, 2.75) is 12.8 Å². The molecule has 5 nitrogen and oxygen atoms in total. The molecule has 0 radical (unpaired) electrons. The number of carbonyl (C=O) groups is 2. The van der Waals surface area contributed by atoms with E-state index in [0.29, 0.717) is 17.1 Å². The first-order chi connectivity index (χ1) is 14.3. The van der Waals surface area contributed by atoms with Crippen LogP contribution in [0, 0.1) is 0 Å². The first-order valence-electron chi connectivity index (χ1n) is 8.96. The number of fused-ring (bicyclic) bond motifs is 1. The van der Waals surface area contributed by atoms with E-state index in [-0.39, 0.29) is 11.5 Å². The number of amides is 2. The maximum Gasteiger partial charge on any atom is 0.573 e. The number of thiophene rings is 1. The van der Waals surface area contributed by atoms with E-state index < -0.39 is 18.0 Å². The van der Waals surface area contributed by atoms with Crippen molar-refractivity contribution in [2.75, 3.05) is 16.8 Å². The third-order valence-corrected chi connectivity index (χ3v) is 5.42. The fourth-order valence-corrected chi connectivity index (χ4v) is 3.88. The van der Waals surface area contributed by atoms with Crippen LogP contribution in [-0.4, -0.2) is 24.7 Å². The minimum atomic E-state index is -4.79. The highest BCUT2D eigenvalue weighted by Gasteiger charge is 2.31. The Morgan fingerprint density at radius 1 is 1.07 bits per heavy atom. The van der Waals surface area contributed by atoms with E-state index in [2.05, 4.69) is 10.1 Å². The van der Waals surface area contributed by atoms with E-state index in [4.69, 9.17) is 0 Å². The van der Waals surface area contributed by atoms with Gasteiger partial charge in [0.25, 0.3) is 11.8 Å². The second-order valence-electron chi connectivity index (χ2n) is 6.55. The molecule has 1 aliphatic heterocycles. The lowest BCUT2D eigenvalue weighted by Gasteiger charge is -2.17. The Balaban J connectivity index is 1.49. The number of nitrogens with one attached hydrogen (secondary N) is 1. The molecule has 4 rings (SSSR count). The molecule has 0 atom stereocenters. The second-order valence-corrected chi connectivity index (χ2v) is 7.50. The molecule has 154 valence electrons. The zero-order valence-electron chi connectivity index (χ0n) is 15.4. The van der Waals surface area contributed by atoms with Crippen molar-refractivity contribution in [3.63, 3.8) is 0 Å². The van der Waals surface area contributed by atoms with E-state index in [1.807, 2.05) is 17.5 Å². The number of hydrogen-bond donors (Lipinski definition) is 1. The van der Waals surface area contributed by atoms with Gasteiger partial charge in [0.2, 0.25) is 0 Å². The largest absolute Gasteiger partial charge is 0.573 e. The number of ether oxygens (including phenoxy) is 1. The lowest BCUT2D eigenvalue weighted by Crippen LogP contribution is -2.28. The maximum atomic E-state index is 12.7. The maximum absolute atomic E-state index is 12.7. The summed E-state index contributed by atoms with van der Waals surface area (Å²) in [6, 6.07) is 13.5. The molecule has 2 aromatic carbocycles. The molecule has 1 aromatic heterocycles. The molecule has 0 unspecified atom stereocenters. The molecule has 30 heavy (non-hydrogen) atoms. The van der Waals surface area contributed by atoms with Crippen LogP contribution in [0.25, 0.3) is 0 Å². The Hall–Kier alpha value is -3.33. The first kappa shape index (κ1) is 20.0. The molecule has 2 amide bonds. The lowest BCUT2D eigenvalue weighted by molar-refractivity contribution is -0.274. The van der Waals surface area contributed by atoms with Crippen LogP contribution >= 0.6 is 11.3 Å². The van der Waals surface area contributed by atoms with Crippen LogP contribution in [0.15, 0.2) is 60.0 Å². The monoisotopic (exact) mass is 432 g/mol. The van der Waals surface area contributed by atoms with Gasteiger partial charge in [-0.25, -0.2) is 0 Å². The minimum Gasteiger partial charge on any atom is -0.406 e. The van der Waals surface area contributed by atoms with Gasteiger partial charge < -0.3 is 15.0 Å². The van der Waals surface area contributed by atoms with Crippen molar-refractivity contribution >= 4 is 34.5 Å². The molecule has 1 aliphatic rings. The van der Waals surface area contributed by atoms with Gasteiger partial charge in [0.1, 0.15) is 5.75 Å². The number of nitrogens with zero attached hydrogens (tertiary/aromatic N) is 1. The molecule has 1 N–H and O–H groups in total. The lowest BCUT2D eigenvalue weighted by atomic mass is 10.1. The zero-order valence-corrected chi connectivity index (χ0v) is 16.2. The van der Waals surface area contributed by atoms with E-state index >= 15 is 0 Å². The third kappa shape index (κ3) is 4.30. The summed E-state index contributed by atoms with van der Waals surface area (Å²) < 4.78 is 40.5. The third-order valence-electron chi connectivity index (χ3n) is 4.57. The van der Waals surface area contributed by atoms with Crippen molar-refractivity contribution < 1.29 is 27.5 Å². The van der Waals surface area contributed by atoms with E-state index in [1.165, 1.54) is 23.5 Å². The fraction of sp³-hybridized carbons (Fsp3) is 0.143. The van der Waals surface area contributed by atoms with Gasteiger partial charge in [-0.15, -0.1) is 24.5 Å². The molecule has 0 fully saturated rings. The van der Waals surface area contributed by atoms with Crippen LogP contribution in [0.1, 0.15) is 25.6 Å². The van der Waals surface area contributed by atoms with E-state index in [0.717, 1.165) is 29.8 Å². The highest BCUT2D eigenvalue weighted by molar-refractivity contribution is 7.12. The van der Waals surface area contributed by atoms with E-state index in [9.17, 15) is 22.8 Å². The fourth-order valence-electron chi connectivity index (χ4n) is 3.21. The van der Waals surface area contributed by atoms with Crippen molar-refractivity contribution in [2.24, 2.45) is 0 Å². The SMILES string of the molecule is O=C(Nc1ccc2c(c1)N(C(=O)c1cccs1)CC2)c1ccc(OC(F)(F)F)cc1. The van der Waals surface area contributed by atoms with Gasteiger partial charge in [0.15, 0.2) is 0 Å². The van der Waals surface area contributed by atoms with Gasteiger partial charge in [-0.2, -0.15) is 0 Å². The summed E-state index contributed by atoms with van der Waals surface area (Å²) in [5, 5.41) is 4.55. The molecule has 0 bridgehead atoms. The molecule has 0 saturated carbocycles. The van der Waals surface area contributed by atoms with Crippen molar-refractivity contribution in [1.29, 1.82) is 0 Å². The van der Waals surface area contributed by atoms with Crippen molar-refractivity contribution in [3.05, 3.63) is 76.0 Å². The van der Waals surface area contributed by atoms with Gasteiger partial charge >= 0.3 is 6.36 Å². The predicted molar refractivity (Wildman–Crippen MR) is 107 cm³/mol. The van der Waals surface area contributed by atoms with Crippen LogP contribution in [0.5, 0.6) is 5.75 Å². The molecule has 2 heterocycles. The average Bonchev–Trinajstić information content (AvgIpc) is 3.37. The summed E-state index contributed by atoms with van der Waals surface area (Å²) in [6.07, 6.45) is -4.07. The summed E-state index contributed by atoms with van der Waals surface area (Å²) >= 11 is 1.37. The predicted octanol–water partition coefficient (Wildman–Crippen LogP) is 5.10. The average molecular weight is 432 g/mol.